The number of hydrogen-bond donors (Lipinski definition) is 1. The number of carbonyl (C=O) groups excluding carboxylic acids is 2. The number of ether oxygens (including phenoxy) is 2. The fourth-order valence-electron chi connectivity index (χ4n) is 2.54. The Kier molecular flexibility index (Phi) is 7.26. The molecule has 3 rings (SSSR count). The SMILES string of the molecule is COc1ccc(C)cc1NC(=O)COC(=O)c1ccccc1SCc1cscn1. The second-order valence-corrected chi connectivity index (χ2v) is 7.83. The molecule has 0 bridgehead atoms. The molecule has 1 heterocycles. The highest BCUT2D eigenvalue weighted by molar-refractivity contribution is 7.98. The van der Waals surface area contributed by atoms with E-state index in [0.29, 0.717) is 22.8 Å². The number of amides is 1. The number of thioether (sulfide) groups is 1. The molecule has 0 fully saturated rings. The topological polar surface area (TPSA) is 77.5 Å². The van der Waals surface area contributed by atoms with Gasteiger partial charge in [0.25, 0.3) is 5.91 Å². The van der Waals surface area contributed by atoms with Gasteiger partial charge < -0.3 is 14.8 Å². The van der Waals surface area contributed by atoms with Gasteiger partial charge in [0.2, 0.25) is 0 Å². The summed E-state index contributed by atoms with van der Waals surface area (Å²) < 4.78 is 10.5. The number of carbonyl (C=O) groups is 2. The maximum Gasteiger partial charge on any atom is 0.339 e. The normalized spacial score (nSPS) is 10.4. The van der Waals surface area contributed by atoms with Crippen LogP contribution >= 0.6 is 23.1 Å². The van der Waals surface area contributed by atoms with Crippen molar-refractivity contribution in [3.8, 4) is 5.75 Å². The summed E-state index contributed by atoms with van der Waals surface area (Å²) in [7, 11) is 1.53. The van der Waals surface area contributed by atoms with E-state index in [4.69, 9.17) is 9.47 Å². The third-order valence-electron chi connectivity index (χ3n) is 3.93. The first kappa shape index (κ1) is 20.9. The van der Waals surface area contributed by atoms with Gasteiger partial charge in [-0.1, -0.05) is 18.2 Å². The predicted molar refractivity (Wildman–Crippen MR) is 115 cm³/mol. The second kappa shape index (κ2) is 10.1. The lowest BCUT2D eigenvalue weighted by Crippen LogP contribution is -2.21. The van der Waals surface area contributed by atoms with Crippen molar-refractivity contribution >= 4 is 40.7 Å². The van der Waals surface area contributed by atoms with Crippen molar-refractivity contribution in [3.63, 3.8) is 0 Å². The van der Waals surface area contributed by atoms with Crippen molar-refractivity contribution in [2.75, 3.05) is 19.0 Å². The van der Waals surface area contributed by atoms with Crippen LogP contribution in [0.4, 0.5) is 5.69 Å². The van der Waals surface area contributed by atoms with Crippen LogP contribution in [0, 0.1) is 6.92 Å². The van der Waals surface area contributed by atoms with E-state index in [1.807, 2.05) is 30.5 Å². The lowest BCUT2D eigenvalue weighted by Gasteiger charge is -2.12. The van der Waals surface area contributed by atoms with Crippen molar-refractivity contribution in [2.24, 2.45) is 0 Å². The average molecular weight is 429 g/mol. The van der Waals surface area contributed by atoms with Crippen LogP contribution in [0.3, 0.4) is 0 Å². The summed E-state index contributed by atoms with van der Waals surface area (Å²) in [6.45, 7) is 1.52. The van der Waals surface area contributed by atoms with Gasteiger partial charge in [0.15, 0.2) is 6.61 Å². The van der Waals surface area contributed by atoms with Crippen LogP contribution in [0.1, 0.15) is 21.6 Å². The van der Waals surface area contributed by atoms with E-state index in [2.05, 4.69) is 10.3 Å². The Bertz CT molecular complexity index is 990. The van der Waals surface area contributed by atoms with E-state index in [-0.39, 0.29) is 6.61 Å². The third-order valence-corrected chi connectivity index (χ3v) is 5.67. The average Bonchev–Trinajstić information content (AvgIpc) is 3.24. The Labute approximate surface area is 177 Å². The molecule has 3 aromatic rings. The smallest absolute Gasteiger partial charge is 0.339 e. The van der Waals surface area contributed by atoms with Crippen LogP contribution in [0.5, 0.6) is 5.75 Å². The molecular formula is C21H20N2O4S2. The first-order chi connectivity index (χ1) is 14.1. The molecule has 150 valence electrons. The molecule has 0 spiro atoms. The number of aromatic nitrogens is 1. The van der Waals surface area contributed by atoms with Gasteiger partial charge in [-0.05, 0) is 36.8 Å². The predicted octanol–water partition coefficient (Wildman–Crippen LogP) is 4.55. The molecule has 0 aliphatic rings. The second-order valence-electron chi connectivity index (χ2n) is 6.09. The number of hydrogen-bond acceptors (Lipinski definition) is 7. The zero-order valence-corrected chi connectivity index (χ0v) is 17.6. The van der Waals surface area contributed by atoms with E-state index < -0.39 is 11.9 Å². The Morgan fingerprint density at radius 3 is 2.79 bits per heavy atom. The van der Waals surface area contributed by atoms with Gasteiger partial charge in [0, 0.05) is 16.0 Å². The van der Waals surface area contributed by atoms with E-state index in [0.717, 1.165) is 16.2 Å². The van der Waals surface area contributed by atoms with Crippen molar-refractivity contribution in [2.45, 2.75) is 17.6 Å². The van der Waals surface area contributed by atoms with E-state index >= 15 is 0 Å². The number of aryl methyl sites for hydroxylation is 1. The minimum Gasteiger partial charge on any atom is -0.495 e. The van der Waals surface area contributed by atoms with Gasteiger partial charge in [-0.25, -0.2) is 9.78 Å². The number of rotatable bonds is 8. The molecule has 0 saturated carbocycles. The number of nitrogens with zero attached hydrogens (tertiary/aromatic N) is 1. The number of thiazole rings is 1. The first-order valence-corrected chi connectivity index (χ1v) is 10.7. The summed E-state index contributed by atoms with van der Waals surface area (Å²) in [6, 6.07) is 12.6. The Morgan fingerprint density at radius 1 is 1.21 bits per heavy atom. The van der Waals surface area contributed by atoms with Crippen LogP contribution in [0.15, 0.2) is 58.3 Å². The molecule has 0 aliphatic heterocycles. The van der Waals surface area contributed by atoms with Gasteiger partial charge >= 0.3 is 5.97 Å². The van der Waals surface area contributed by atoms with Gasteiger partial charge in [0.1, 0.15) is 5.75 Å². The van der Waals surface area contributed by atoms with E-state index in [1.54, 1.807) is 29.8 Å². The van der Waals surface area contributed by atoms with Gasteiger partial charge in [0.05, 0.1) is 29.6 Å². The quantitative estimate of drug-likeness (QED) is 0.419. The highest BCUT2D eigenvalue weighted by atomic mass is 32.2. The lowest BCUT2D eigenvalue weighted by atomic mass is 10.2. The van der Waals surface area contributed by atoms with Crippen LogP contribution in [-0.2, 0) is 15.3 Å². The summed E-state index contributed by atoms with van der Waals surface area (Å²) in [5.74, 6) is 0.216. The summed E-state index contributed by atoms with van der Waals surface area (Å²) in [4.78, 5) is 29.8. The number of nitrogens with one attached hydrogen (secondary N) is 1. The standard InChI is InChI=1S/C21H20N2O4S2/c1-14-7-8-18(26-2)17(9-14)23-20(24)10-27-21(25)16-5-3-4-6-19(16)29-12-15-11-28-13-22-15/h3-9,11,13H,10,12H2,1-2H3,(H,23,24). The molecule has 0 saturated heterocycles. The zero-order valence-electron chi connectivity index (χ0n) is 16.0. The minimum atomic E-state index is -0.544. The summed E-state index contributed by atoms with van der Waals surface area (Å²) >= 11 is 3.03. The van der Waals surface area contributed by atoms with E-state index in [9.17, 15) is 9.59 Å². The number of anilines is 1. The molecule has 29 heavy (non-hydrogen) atoms. The van der Waals surface area contributed by atoms with Crippen LogP contribution in [0.2, 0.25) is 0 Å². The number of esters is 1. The van der Waals surface area contributed by atoms with Crippen molar-refractivity contribution in [3.05, 3.63) is 70.2 Å². The molecular weight excluding hydrogens is 408 g/mol. The monoisotopic (exact) mass is 428 g/mol. The Balaban J connectivity index is 1.59. The minimum absolute atomic E-state index is 0.388. The van der Waals surface area contributed by atoms with Crippen LogP contribution in [0.25, 0.3) is 0 Å². The van der Waals surface area contributed by atoms with E-state index in [1.165, 1.54) is 30.2 Å². The molecule has 0 unspecified atom stereocenters. The van der Waals surface area contributed by atoms with Crippen molar-refractivity contribution in [1.29, 1.82) is 0 Å². The maximum absolute atomic E-state index is 12.5. The molecule has 2 aromatic carbocycles. The van der Waals surface area contributed by atoms with Crippen LogP contribution < -0.4 is 10.1 Å². The number of benzene rings is 2. The molecule has 6 nitrogen and oxygen atoms in total. The first-order valence-electron chi connectivity index (χ1n) is 8.77. The third kappa shape index (κ3) is 5.82. The van der Waals surface area contributed by atoms with Gasteiger partial charge in [-0.3, -0.25) is 4.79 Å². The molecule has 8 heteroatoms. The highest BCUT2D eigenvalue weighted by Gasteiger charge is 2.16. The molecule has 0 radical (unpaired) electrons. The fraction of sp³-hybridized carbons (Fsp3) is 0.190. The highest BCUT2D eigenvalue weighted by Crippen LogP contribution is 2.27. The molecule has 1 N–H and O–H groups in total. The maximum atomic E-state index is 12.5. The number of methoxy groups -OCH3 is 1. The molecule has 0 aliphatic carbocycles. The Morgan fingerprint density at radius 2 is 2.03 bits per heavy atom. The Hall–Kier alpha value is -2.84. The summed E-state index contributed by atoms with van der Waals surface area (Å²) in [5, 5.41) is 4.68. The van der Waals surface area contributed by atoms with Gasteiger partial charge in [-0.2, -0.15) is 0 Å². The largest absolute Gasteiger partial charge is 0.495 e. The van der Waals surface area contributed by atoms with Crippen LogP contribution in [-0.4, -0.2) is 30.6 Å². The fourth-order valence-corrected chi connectivity index (χ4v) is 4.14. The molecule has 0 atom stereocenters. The van der Waals surface area contributed by atoms with Crippen molar-refractivity contribution < 1.29 is 19.1 Å². The molecule has 1 amide bonds. The van der Waals surface area contributed by atoms with Crippen molar-refractivity contribution in [1.82, 2.24) is 4.98 Å². The summed E-state index contributed by atoms with van der Waals surface area (Å²) in [6.07, 6.45) is 0. The lowest BCUT2D eigenvalue weighted by molar-refractivity contribution is -0.119. The summed E-state index contributed by atoms with van der Waals surface area (Å²) in [5.41, 5.74) is 4.66. The molecule has 1 aromatic heterocycles. The zero-order chi connectivity index (χ0) is 20.6. The van der Waals surface area contributed by atoms with Gasteiger partial charge in [-0.15, -0.1) is 23.1 Å².